The number of nitrogens with one attached hydrogen (secondary N) is 1. The zero-order valence-electron chi connectivity index (χ0n) is 14.5. The lowest BCUT2D eigenvalue weighted by Crippen LogP contribution is -2.12. The maximum absolute atomic E-state index is 14.4. The highest BCUT2D eigenvalue weighted by atomic mass is 19.2. The minimum absolute atomic E-state index is 0.0352. The number of hydrogen-bond acceptors (Lipinski definition) is 3. The molecule has 0 amide bonds. The second-order valence-electron chi connectivity index (χ2n) is 5.95. The summed E-state index contributed by atoms with van der Waals surface area (Å²) < 4.78 is 70.2. The monoisotopic (exact) mass is 402 g/mol. The van der Waals surface area contributed by atoms with Crippen LogP contribution in [0.5, 0.6) is 0 Å². The highest BCUT2D eigenvalue weighted by Gasteiger charge is 2.29. The Morgan fingerprint density at radius 1 is 0.655 bits per heavy atom. The maximum atomic E-state index is 14.4. The molecular formula is C20H11F5N4. The van der Waals surface area contributed by atoms with Gasteiger partial charge in [-0.15, -0.1) is 5.10 Å². The molecule has 0 aliphatic heterocycles. The lowest BCUT2D eigenvalue weighted by atomic mass is 10.2. The van der Waals surface area contributed by atoms with E-state index in [1.807, 2.05) is 0 Å². The van der Waals surface area contributed by atoms with Crippen LogP contribution >= 0.6 is 0 Å². The van der Waals surface area contributed by atoms with Crippen LogP contribution in [0.2, 0.25) is 0 Å². The number of para-hydroxylation sites is 1. The fraction of sp³-hybridized carbons (Fsp3) is 0. The molecule has 1 aromatic heterocycles. The summed E-state index contributed by atoms with van der Waals surface area (Å²) in [6.45, 7) is 0. The van der Waals surface area contributed by atoms with Gasteiger partial charge in [0.2, 0.25) is 11.8 Å². The van der Waals surface area contributed by atoms with Gasteiger partial charge in [0.15, 0.2) is 29.1 Å². The van der Waals surface area contributed by atoms with E-state index >= 15 is 0 Å². The Morgan fingerprint density at radius 3 is 1.76 bits per heavy atom. The lowest BCUT2D eigenvalue weighted by molar-refractivity contribution is 0.374. The van der Waals surface area contributed by atoms with E-state index in [0.29, 0.717) is 15.9 Å². The number of aromatic nitrogens is 3. The van der Waals surface area contributed by atoms with Gasteiger partial charge in [-0.25, -0.2) is 22.0 Å². The molecule has 0 fully saturated rings. The van der Waals surface area contributed by atoms with Gasteiger partial charge in [0.25, 0.3) is 0 Å². The molecule has 3 aromatic carbocycles. The molecule has 0 bridgehead atoms. The minimum Gasteiger partial charge on any atom is -0.324 e. The van der Waals surface area contributed by atoms with Crippen molar-refractivity contribution in [2.45, 2.75) is 0 Å². The molecule has 4 rings (SSSR count). The molecule has 1 N–H and O–H groups in total. The fourth-order valence-electron chi connectivity index (χ4n) is 2.69. The quantitative estimate of drug-likeness (QED) is 0.283. The Bertz CT molecular complexity index is 1150. The SMILES string of the molecule is Fc1c(F)c(F)c(-n2nc(-c3ccccc3)nc2Nc2ccccc2)c(F)c1F. The first-order chi connectivity index (χ1) is 14.0. The molecule has 4 aromatic rings. The zero-order valence-corrected chi connectivity index (χ0v) is 14.5. The third kappa shape index (κ3) is 3.31. The molecule has 9 heteroatoms. The number of anilines is 2. The minimum atomic E-state index is -2.25. The molecule has 0 saturated heterocycles. The first kappa shape index (κ1) is 18.6. The number of halogens is 5. The number of nitrogens with zero attached hydrogens (tertiary/aromatic N) is 3. The van der Waals surface area contributed by atoms with Gasteiger partial charge in [-0.05, 0) is 12.1 Å². The number of hydrogen-bond donors (Lipinski definition) is 1. The van der Waals surface area contributed by atoms with Crippen molar-refractivity contribution in [2.75, 3.05) is 5.32 Å². The molecule has 0 aliphatic rings. The van der Waals surface area contributed by atoms with Gasteiger partial charge >= 0.3 is 0 Å². The number of benzene rings is 3. The fourth-order valence-corrected chi connectivity index (χ4v) is 2.69. The van der Waals surface area contributed by atoms with Crippen molar-refractivity contribution in [3.05, 3.63) is 89.7 Å². The van der Waals surface area contributed by atoms with E-state index in [0.717, 1.165) is 0 Å². The summed E-state index contributed by atoms with van der Waals surface area (Å²) in [5, 5.41) is 6.77. The highest BCUT2D eigenvalue weighted by Crippen LogP contribution is 2.30. The Kier molecular flexibility index (Phi) is 4.71. The van der Waals surface area contributed by atoms with Crippen molar-refractivity contribution in [3.8, 4) is 17.1 Å². The van der Waals surface area contributed by atoms with Crippen LogP contribution in [0.4, 0.5) is 33.6 Å². The summed E-state index contributed by atoms with van der Waals surface area (Å²) in [5.41, 5.74) is -0.259. The topological polar surface area (TPSA) is 42.7 Å². The standard InChI is InChI=1S/C20H11F5N4/c21-13-14(22)16(24)18(17(25)15(13)23)29-20(26-12-9-5-2-6-10-12)27-19(28-29)11-7-3-1-4-8-11/h1-10H,(H,26,27,28). The first-order valence-corrected chi connectivity index (χ1v) is 8.33. The van der Waals surface area contributed by atoms with Crippen molar-refractivity contribution in [3.63, 3.8) is 0 Å². The summed E-state index contributed by atoms with van der Waals surface area (Å²) in [6, 6.07) is 16.8. The molecule has 0 spiro atoms. The molecule has 1 heterocycles. The molecule has 0 unspecified atom stereocenters. The third-order valence-corrected chi connectivity index (χ3v) is 4.07. The highest BCUT2D eigenvalue weighted by molar-refractivity contribution is 5.61. The maximum Gasteiger partial charge on any atom is 0.231 e. The van der Waals surface area contributed by atoms with E-state index in [4.69, 9.17) is 0 Å². The van der Waals surface area contributed by atoms with Gasteiger partial charge in [-0.1, -0.05) is 48.5 Å². The first-order valence-electron chi connectivity index (χ1n) is 8.33. The van der Waals surface area contributed by atoms with Crippen molar-refractivity contribution in [2.24, 2.45) is 0 Å². The van der Waals surface area contributed by atoms with Crippen LogP contribution in [0.25, 0.3) is 17.1 Å². The second kappa shape index (κ2) is 7.34. The van der Waals surface area contributed by atoms with E-state index in [1.54, 1.807) is 60.7 Å². The summed E-state index contributed by atoms with van der Waals surface area (Å²) >= 11 is 0. The summed E-state index contributed by atoms with van der Waals surface area (Å²) in [4.78, 5) is 4.18. The van der Waals surface area contributed by atoms with E-state index < -0.39 is 34.8 Å². The average molecular weight is 402 g/mol. The molecule has 0 aliphatic carbocycles. The smallest absolute Gasteiger partial charge is 0.231 e. The normalized spacial score (nSPS) is 10.9. The molecule has 4 nitrogen and oxygen atoms in total. The van der Waals surface area contributed by atoms with E-state index in [2.05, 4.69) is 15.4 Å². The van der Waals surface area contributed by atoms with Crippen LogP contribution in [-0.2, 0) is 0 Å². The van der Waals surface area contributed by atoms with Gasteiger partial charge in [-0.3, -0.25) is 0 Å². The number of rotatable bonds is 4. The largest absolute Gasteiger partial charge is 0.324 e. The lowest BCUT2D eigenvalue weighted by Gasteiger charge is -2.11. The average Bonchev–Trinajstić information content (AvgIpc) is 3.16. The second-order valence-corrected chi connectivity index (χ2v) is 5.95. The van der Waals surface area contributed by atoms with E-state index in [9.17, 15) is 22.0 Å². The van der Waals surface area contributed by atoms with Gasteiger partial charge < -0.3 is 5.32 Å². The predicted molar refractivity (Wildman–Crippen MR) is 96.3 cm³/mol. The molecule has 0 saturated carbocycles. The van der Waals surface area contributed by atoms with Crippen LogP contribution < -0.4 is 5.32 Å². The molecule has 0 atom stereocenters. The Morgan fingerprint density at radius 2 is 1.17 bits per heavy atom. The van der Waals surface area contributed by atoms with Crippen molar-refractivity contribution >= 4 is 11.6 Å². The Balaban J connectivity index is 1.94. The predicted octanol–water partition coefficient (Wildman–Crippen LogP) is 5.37. The van der Waals surface area contributed by atoms with E-state index in [1.165, 1.54) is 0 Å². The zero-order chi connectivity index (χ0) is 20.5. The van der Waals surface area contributed by atoms with Gasteiger partial charge in [-0.2, -0.15) is 9.67 Å². The summed E-state index contributed by atoms with van der Waals surface area (Å²) in [7, 11) is 0. The van der Waals surface area contributed by atoms with Crippen molar-refractivity contribution < 1.29 is 22.0 Å². The van der Waals surface area contributed by atoms with Gasteiger partial charge in [0.05, 0.1) is 0 Å². The van der Waals surface area contributed by atoms with Crippen LogP contribution in [0, 0.1) is 29.1 Å². The molecular weight excluding hydrogens is 391 g/mol. The summed E-state index contributed by atoms with van der Waals surface area (Å²) in [6.07, 6.45) is 0. The van der Waals surface area contributed by atoms with Gasteiger partial charge in [0, 0.05) is 11.3 Å². The Labute approximate surface area is 161 Å². The van der Waals surface area contributed by atoms with Crippen LogP contribution in [-0.4, -0.2) is 14.8 Å². The van der Waals surface area contributed by atoms with Crippen molar-refractivity contribution in [1.29, 1.82) is 0 Å². The Hall–Kier alpha value is -3.75. The third-order valence-electron chi connectivity index (χ3n) is 4.07. The van der Waals surface area contributed by atoms with Crippen LogP contribution in [0.3, 0.4) is 0 Å². The van der Waals surface area contributed by atoms with E-state index in [-0.39, 0.29) is 11.8 Å². The van der Waals surface area contributed by atoms with Crippen LogP contribution in [0.15, 0.2) is 60.7 Å². The molecule has 0 radical (unpaired) electrons. The molecule has 146 valence electrons. The van der Waals surface area contributed by atoms with Gasteiger partial charge in [0.1, 0.15) is 5.69 Å². The molecule has 29 heavy (non-hydrogen) atoms. The van der Waals surface area contributed by atoms with Crippen molar-refractivity contribution in [1.82, 2.24) is 14.8 Å². The van der Waals surface area contributed by atoms with Crippen LogP contribution in [0.1, 0.15) is 0 Å². The summed E-state index contributed by atoms with van der Waals surface area (Å²) in [5.74, 6) is -10.6.